The standard InChI is InChI=1S/C24H28O6/c1-4-7-15-24(22(26)28-5-2,23(27)29-6-3)19(21-14-11-16-30-21)17-20(25)18-12-9-8-10-13-18/h4,8-14,16,19H,1,5-7,15,17H2,2-3H3. The van der Waals surface area contributed by atoms with Crippen LogP contribution < -0.4 is 0 Å². The zero-order valence-corrected chi connectivity index (χ0v) is 17.5. The van der Waals surface area contributed by atoms with Crippen LogP contribution in [0.15, 0.2) is 65.8 Å². The van der Waals surface area contributed by atoms with Gasteiger partial charge in [0.2, 0.25) is 0 Å². The molecule has 0 aliphatic carbocycles. The van der Waals surface area contributed by atoms with E-state index < -0.39 is 23.3 Å². The van der Waals surface area contributed by atoms with Crippen LogP contribution in [0, 0.1) is 5.41 Å². The molecule has 6 heteroatoms. The fourth-order valence-corrected chi connectivity index (χ4v) is 3.53. The lowest BCUT2D eigenvalue weighted by Gasteiger charge is -2.35. The summed E-state index contributed by atoms with van der Waals surface area (Å²) in [5.74, 6) is -2.21. The largest absolute Gasteiger partial charge is 0.469 e. The first-order chi connectivity index (χ1) is 14.5. The number of ketones is 1. The van der Waals surface area contributed by atoms with Gasteiger partial charge in [-0.25, -0.2) is 0 Å². The maximum Gasteiger partial charge on any atom is 0.324 e. The van der Waals surface area contributed by atoms with E-state index in [-0.39, 0.29) is 31.8 Å². The molecule has 0 aliphatic heterocycles. The van der Waals surface area contributed by atoms with Crippen LogP contribution in [0.5, 0.6) is 0 Å². The number of hydrogen-bond acceptors (Lipinski definition) is 6. The number of benzene rings is 1. The van der Waals surface area contributed by atoms with Gasteiger partial charge >= 0.3 is 11.9 Å². The lowest BCUT2D eigenvalue weighted by Crippen LogP contribution is -2.47. The Morgan fingerprint density at radius 3 is 2.17 bits per heavy atom. The summed E-state index contributed by atoms with van der Waals surface area (Å²) >= 11 is 0. The highest BCUT2D eigenvalue weighted by atomic mass is 16.6. The maximum absolute atomic E-state index is 13.2. The molecule has 0 saturated carbocycles. The molecule has 0 fully saturated rings. The second-order valence-corrected chi connectivity index (χ2v) is 6.80. The van der Waals surface area contributed by atoms with Crippen LogP contribution in [0.25, 0.3) is 0 Å². The van der Waals surface area contributed by atoms with Crippen LogP contribution in [0.1, 0.15) is 55.1 Å². The average molecular weight is 412 g/mol. The van der Waals surface area contributed by atoms with Gasteiger partial charge in [-0.05, 0) is 38.8 Å². The topological polar surface area (TPSA) is 82.8 Å². The Kier molecular flexibility index (Phi) is 8.59. The van der Waals surface area contributed by atoms with Gasteiger partial charge in [0.05, 0.1) is 25.4 Å². The van der Waals surface area contributed by atoms with Crippen LogP contribution in [-0.2, 0) is 19.1 Å². The fraction of sp³-hybridized carbons (Fsp3) is 0.375. The van der Waals surface area contributed by atoms with E-state index in [9.17, 15) is 14.4 Å². The lowest BCUT2D eigenvalue weighted by molar-refractivity contribution is -0.175. The number of rotatable bonds is 12. The molecule has 2 aromatic rings. The van der Waals surface area contributed by atoms with Crippen LogP contribution in [0.3, 0.4) is 0 Å². The van der Waals surface area contributed by atoms with E-state index in [1.165, 1.54) is 6.26 Å². The van der Waals surface area contributed by atoms with Crippen molar-refractivity contribution in [2.75, 3.05) is 13.2 Å². The van der Waals surface area contributed by atoms with E-state index >= 15 is 0 Å². The van der Waals surface area contributed by atoms with Gasteiger partial charge in [0.15, 0.2) is 11.2 Å². The number of ether oxygens (including phenoxy) is 2. The predicted molar refractivity (Wildman–Crippen MR) is 112 cm³/mol. The number of carbonyl (C=O) groups excluding carboxylic acids is 3. The zero-order valence-electron chi connectivity index (χ0n) is 17.5. The van der Waals surface area contributed by atoms with Crippen molar-refractivity contribution >= 4 is 17.7 Å². The van der Waals surface area contributed by atoms with Crippen molar-refractivity contribution in [1.82, 2.24) is 0 Å². The number of allylic oxidation sites excluding steroid dienone is 1. The molecule has 1 unspecified atom stereocenters. The Morgan fingerprint density at radius 2 is 1.67 bits per heavy atom. The second kappa shape index (κ2) is 11.1. The third-order valence-corrected chi connectivity index (χ3v) is 4.99. The van der Waals surface area contributed by atoms with E-state index in [2.05, 4.69) is 6.58 Å². The molecule has 0 amide bonds. The summed E-state index contributed by atoms with van der Waals surface area (Å²) in [5.41, 5.74) is -1.25. The Bertz CT molecular complexity index is 820. The predicted octanol–water partition coefficient (Wildman–Crippen LogP) is 4.72. The van der Waals surface area contributed by atoms with Gasteiger partial charge in [0.1, 0.15) is 5.76 Å². The number of esters is 2. The monoisotopic (exact) mass is 412 g/mol. The minimum absolute atomic E-state index is 0.0849. The Morgan fingerprint density at radius 1 is 1.03 bits per heavy atom. The van der Waals surface area contributed by atoms with Gasteiger partial charge in [-0.3, -0.25) is 14.4 Å². The quantitative estimate of drug-likeness (QED) is 0.217. The highest BCUT2D eigenvalue weighted by molar-refractivity contribution is 6.03. The lowest BCUT2D eigenvalue weighted by atomic mass is 9.68. The molecule has 1 aromatic carbocycles. The summed E-state index contributed by atoms with van der Waals surface area (Å²) in [4.78, 5) is 39.5. The van der Waals surface area contributed by atoms with Crippen LogP contribution in [0.4, 0.5) is 0 Å². The van der Waals surface area contributed by atoms with Crippen molar-refractivity contribution in [3.63, 3.8) is 0 Å². The van der Waals surface area contributed by atoms with Gasteiger partial charge in [-0.2, -0.15) is 0 Å². The molecule has 1 aromatic heterocycles. The van der Waals surface area contributed by atoms with E-state index in [0.29, 0.717) is 17.7 Å². The molecular weight excluding hydrogens is 384 g/mol. The third kappa shape index (κ3) is 5.06. The van der Waals surface area contributed by atoms with Crippen LogP contribution in [-0.4, -0.2) is 30.9 Å². The summed E-state index contributed by atoms with van der Waals surface area (Å²) in [6.45, 7) is 7.22. The van der Waals surface area contributed by atoms with Crippen molar-refractivity contribution in [2.45, 2.75) is 39.0 Å². The average Bonchev–Trinajstić information content (AvgIpc) is 3.28. The molecule has 30 heavy (non-hydrogen) atoms. The van der Waals surface area contributed by atoms with Crippen molar-refractivity contribution in [1.29, 1.82) is 0 Å². The Balaban J connectivity index is 2.60. The van der Waals surface area contributed by atoms with Crippen molar-refractivity contribution in [3.8, 4) is 0 Å². The molecule has 0 N–H and O–H groups in total. The number of carbonyl (C=O) groups is 3. The molecule has 0 saturated heterocycles. The molecule has 2 rings (SSSR count). The highest BCUT2D eigenvalue weighted by Gasteiger charge is 2.56. The van der Waals surface area contributed by atoms with Gasteiger partial charge in [-0.1, -0.05) is 36.4 Å². The smallest absolute Gasteiger partial charge is 0.324 e. The minimum atomic E-state index is -1.73. The third-order valence-electron chi connectivity index (χ3n) is 4.99. The number of Topliss-reactive ketones (excluding diaryl/α,β-unsaturated/α-hetero) is 1. The Hall–Kier alpha value is -3.15. The summed E-state index contributed by atoms with van der Waals surface area (Å²) in [5, 5.41) is 0. The zero-order chi connectivity index (χ0) is 22.0. The first kappa shape index (κ1) is 23.1. The van der Waals surface area contributed by atoms with Crippen LogP contribution >= 0.6 is 0 Å². The number of hydrogen-bond donors (Lipinski definition) is 0. The summed E-state index contributed by atoms with van der Waals surface area (Å²) in [7, 11) is 0. The molecule has 6 nitrogen and oxygen atoms in total. The van der Waals surface area contributed by atoms with Gasteiger partial charge < -0.3 is 13.9 Å². The van der Waals surface area contributed by atoms with Crippen molar-refractivity contribution < 1.29 is 28.3 Å². The van der Waals surface area contributed by atoms with Crippen molar-refractivity contribution in [2.24, 2.45) is 5.41 Å². The van der Waals surface area contributed by atoms with Crippen molar-refractivity contribution in [3.05, 3.63) is 72.7 Å². The molecule has 1 atom stereocenters. The first-order valence-corrected chi connectivity index (χ1v) is 10.1. The normalized spacial score (nSPS) is 12.1. The maximum atomic E-state index is 13.2. The highest BCUT2D eigenvalue weighted by Crippen LogP contribution is 2.45. The number of furan rings is 1. The van der Waals surface area contributed by atoms with Gasteiger partial charge in [0, 0.05) is 12.0 Å². The SMILES string of the molecule is C=CCCC(C(=O)OCC)(C(=O)OCC)C(CC(=O)c1ccccc1)c1ccco1. The summed E-state index contributed by atoms with van der Waals surface area (Å²) < 4.78 is 16.2. The Labute approximate surface area is 176 Å². The van der Waals surface area contributed by atoms with E-state index in [4.69, 9.17) is 13.9 Å². The minimum Gasteiger partial charge on any atom is -0.469 e. The van der Waals surface area contributed by atoms with Gasteiger partial charge in [-0.15, -0.1) is 6.58 Å². The fourth-order valence-electron chi connectivity index (χ4n) is 3.53. The molecular formula is C24H28O6. The molecule has 0 radical (unpaired) electrons. The van der Waals surface area contributed by atoms with E-state index in [1.54, 1.807) is 56.3 Å². The summed E-state index contributed by atoms with van der Waals surface area (Å²) in [6.07, 6.45) is 3.39. The second-order valence-electron chi connectivity index (χ2n) is 6.80. The molecule has 0 spiro atoms. The molecule has 160 valence electrons. The van der Waals surface area contributed by atoms with Crippen LogP contribution in [0.2, 0.25) is 0 Å². The van der Waals surface area contributed by atoms with Gasteiger partial charge in [0.25, 0.3) is 0 Å². The first-order valence-electron chi connectivity index (χ1n) is 10.1. The molecule has 1 heterocycles. The van der Waals surface area contributed by atoms with E-state index in [1.807, 2.05) is 6.07 Å². The van der Waals surface area contributed by atoms with E-state index in [0.717, 1.165) is 0 Å². The molecule has 0 bridgehead atoms. The molecule has 0 aliphatic rings. The summed E-state index contributed by atoms with van der Waals surface area (Å²) in [6, 6.07) is 12.0.